The van der Waals surface area contributed by atoms with Crippen molar-refractivity contribution in [2.45, 2.75) is 63.8 Å². The lowest BCUT2D eigenvalue weighted by atomic mass is 9.93. The number of hydrogen-bond acceptors (Lipinski definition) is 4. The Morgan fingerprint density at radius 2 is 1.16 bits per heavy atom. The topological polar surface area (TPSA) is 84.3 Å². The molecule has 1 heterocycles. The Morgan fingerprint density at radius 1 is 0.744 bits per heavy atom. The van der Waals surface area contributed by atoms with Crippen LogP contribution in [-0.2, 0) is 30.8 Å². The van der Waals surface area contributed by atoms with Crippen LogP contribution < -0.4 is 0 Å². The van der Waals surface area contributed by atoms with Crippen molar-refractivity contribution in [1.82, 2.24) is 14.7 Å². The predicted molar refractivity (Wildman–Crippen MR) is 167 cm³/mol. The Morgan fingerprint density at radius 3 is 1.60 bits per heavy atom. The first-order valence-electron chi connectivity index (χ1n) is 14.7. The minimum Gasteiger partial charge on any atom is -0.465 e. The van der Waals surface area contributed by atoms with E-state index in [0.717, 1.165) is 27.2 Å². The van der Waals surface area contributed by atoms with Gasteiger partial charge in [-0.2, -0.15) is 0 Å². The second-order valence-electron chi connectivity index (χ2n) is 11.6. The van der Waals surface area contributed by atoms with Crippen molar-refractivity contribution in [2.75, 3.05) is 0 Å². The smallest absolute Gasteiger partial charge is 0.409 e. The first kappa shape index (κ1) is 30.0. The molecule has 5 rings (SSSR count). The van der Waals surface area contributed by atoms with Gasteiger partial charge in [-0.25, -0.2) is 4.79 Å². The van der Waals surface area contributed by atoms with Crippen molar-refractivity contribution in [1.29, 1.82) is 0 Å². The van der Waals surface area contributed by atoms with Crippen molar-refractivity contribution in [2.24, 2.45) is 0 Å². The standard InChI is InChI=1S/C36H39N3O4/c1-36(2)38(26-30-21-13-6-14-22-30)34(41)32(39(36)35(42)43)33(40)31(23-27-15-7-3-8-16-27)37(24-28-17-9-4-10-18-28)25-29-19-11-5-12-20-29/h3-22,31-33,40H,23-26H2,1-2H3,(H,42,43). The number of hydrogen-bond donors (Lipinski definition) is 2. The van der Waals surface area contributed by atoms with Gasteiger partial charge in [0, 0.05) is 25.7 Å². The molecule has 1 fully saturated rings. The van der Waals surface area contributed by atoms with Gasteiger partial charge in [0.15, 0.2) is 0 Å². The molecule has 0 saturated carbocycles. The number of aliphatic hydroxyl groups excluding tert-OH is 1. The Hall–Kier alpha value is -4.46. The van der Waals surface area contributed by atoms with Gasteiger partial charge in [0.05, 0.1) is 6.10 Å². The molecule has 43 heavy (non-hydrogen) atoms. The van der Waals surface area contributed by atoms with Gasteiger partial charge in [0.1, 0.15) is 11.7 Å². The highest BCUT2D eigenvalue weighted by molar-refractivity contribution is 5.90. The number of aliphatic hydroxyl groups is 1. The molecule has 3 unspecified atom stereocenters. The van der Waals surface area contributed by atoms with E-state index in [-0.39, 0.29) is 6.54 Å². The predicted octanol–water partition coefficient (Wildman–Crippen LogP) is 5.79. The van der Waals surface area contributed by atoms with E-state index in [0.29, 0.717) is 19.5 Å². The zero-order chi connectivity index (χ0) is 30.4. The van der Waals surface area contributed by atoms with Gasteiger partial charge in [-0.15, -0.1) is 0 Å². The summed E-state index contributed by atoms with van der Waals surface area (Å²) in [5.74, 6) is -0.402. The summed E-state index contributed by atoms with van der Waals surface area (Å²) in [6.45, 7) is 4.71. The molecule has 4 aromatic rings. The summed E-state index contributed by atoms with van der Waals surface area (Å²) in [5.41, 5.74) is 2.82. The normalized spacial score (nSPS) is 17.7. The number of benzene rings is 4. The first-order chi connectivity index (χ1) is 20.8. The van der Waals surface area contributed by atoms with Crippen LogP contribution in [0.1, 0.15) is 36.1 Å². The van der Waals surface area contributed by atoms with Crippen molar-refractivity contribution >= 4 is 12.0 Å². The fourth-order valence-electron chi connectivity index (χ4n) is 6.16. The highest BCUT2D eigenvalue weighted by Gasteiger charge is 2.57. The van der Waals surface area contributed by atoms with Gasteiger partial charge in [-0.3, -0.25) is 14.6 Å². The molecular formula is C36H39N3O4. The summed E-state index contributed by atoms with van der Waals surface area (Å²) >= 11 is 0. The van der Waals surface area contributed by atoms with E-state index in [1.54, 1.807) is 18.7 Å². The summed E-state index contributed by atoms with van der Waals surface area (Å²) < 4.78 is 0. The third kappa shape index (κ3) is 6.79. The van der Waals surface area contributed by atoms with Crippen LogP contribution in [0.3, 0.4) is 0 Å². The zero-order valence-electron chi connectivity index (χ0n) is 24.7. The molecule has 3 atom stereocenters. The van der Waals surface area contributed by atoms with Gasteiger partial charge >= 0.3 is 6.09 Å². The molecule has 0 bridgehead atoms. The third-order valence-corrected chi connectivity index (χ3v) is 8.37. The average molecular weight is 578 g/mol. The zero-order valence-corrected chi connectivity index (χ0v) is 24.7. The SMILES string of the molecule is CC1(C)N(Cc2ccccc2)C(=O)C(C(O)C(Cc2ccccc2)N(Cc2ccccc2)Cc2ccccc2)N1C(=O)O. The molecule has 7 heteroatoms. The fraction of sp³-hybridized carbons (Fsp3) is 0.278. The lowest BCUT2D eigenvalue weighted by molar-refractivity contribution is -0.135. The van der Waals surface area contributed by atoms with Crippen LogP contribution in [0.5, 0.6) is 0 Å². The number of rotatable bonds is 11. The summed E-state index contributed by atoms with van der Waals surface area (Å²) in [5, 5.41) is 22.8. The summed E-state index contributed by atoms with van der Waals surface area (Å²) in [7, 11) is 0. The third-order valence-electron chi connectivity index (χ3n) is 8.37. The molecular weight excluding hydrogens is 538 g/mol. The number of carboxylic acid groups (broad SMARTS) is 1. The van der Waals surface area contributed by atoms with Crippen molar-refractivity contribution < 1.29 is 19.8 Å². The summed E-state index contributed by atoms with van der Waals surface area (Å²) in [6.07, 6.45) is -2.12. The van der Waals surface area contributed by atoms with Gasteiger partial charge in [-0.1, -0.05) is 121 Å². The summed E-state index contributed by atoms with van der Waals surface area (Å²) in [6, 6.07) is 37.5. The van der Waals surface area contributed by atoms with Crippen molar-refractivity contribution in [3.05, 3.63) is 144 Å². The van der Waals surface area contributed by atoms with E-state index < -0.39 is 35.9 Å². The lowest BCUT2D eigenvalue weighted by Gasteiger charge is -2.40. The van der Waals surface area contributed by atoms with Crippen LogP contribution in [0.4, 0.5) is 4.79 Å². The van der Waals surface area contributed by atoms with Gasteiger partial charge in [0.25, 0.3) is 0 Å². The van der Waals surface area contributed by atoms with Crippen molar-refractivity contribution in [3.63, 3.8) is 0 Å². The van der Waals surface area contributed by atoms with Gasteiger partial charge in [-0.05, 0) is 42.5 Å². The Kier molecular flexibility index (Phi) is 9.24. The quantitative estimate of drug-likeness (QED) is 0.236. The molecule has 2 N–H and O–H groups in total. The van der Waals surface area contributed by atoms with E-state index in [2.05, 4.69) is 4.90 Å². The molecule has 0 aromatic heterocycles. The van der Waals surface area contributed by atoms with Gasteiger partial charge in [0.2, 0.25) is 5.91 Å². The first-order valence-corrected chi connectivity index (χ1v) is 14.7. The Bertz CT molecular complexity index is 1440. The number of carbonyl (C=O) groups is 2. The monoisotopic (exact) mass is 577 g/mol. The molecule has 1 aliphatic heterocycles. The highest BCUT2D eigenvalue weighted by Crippen LogP contribution is 2.37. The second-order valence-corrected chi connectivity index (χ2v) is 11.6. The van der Waals surface area contributed by atoms with E-state index in [9.17, 15) is 19.8 Å². The molecule has 0 radical (unpaired) electrons. The molecule has 2 amide bonds. The maximum atomic E-state index is 14.2. The largest absolute Gasteiger partial charge is 0.465 e. The molecule has 1 saturated heterocycles. The summed E-state index contributed by atoms with van der Waals surface area (Å²) in [4.78, 5) is 31.9. The number of amides is 2. The second kappa shape index (κ2) is 13.2. The van der Waals surface area contributed by atoms with E-state index in [1.807, 2.05) is 121 Å². The lowest BCUT2D eigenvalue weighted by Crippen LogP contribution is -2.58. The average Bonchev–Trinajstić information content (AvgIpc) is 3.22. The van der Waals surface area contributed by atoms with E-state index in [1.165, 1.54) is 0 Å². The fourth-order valence-corrected chi connectivity index (χ4v) is 6.16. The minimum atomic E-state index is -1.31. The Balaban J connectivity index is 1.56. The number of nitrogens with zero attached hydrogens (tertiary/aromatic N) is 3. The van der Waals surface area contributed by atoms with Crippen LogP contribution in [0.25, 0.3) is 0 Å². The minimum absolute atomic E-state index is 0.237. The van der Waals surface area contributed by atoms with Crippen LogP contribution in [-0.4, -0.2) is 60.8 Å². The van der Waals surface area contributed by atoms with Crippen LogP contribution in [0.2, 0.25) is 0 Å². The van der Waals surface area contributed by atoms with Crippen LogP contribution >= 0.6 is 0 Å². The molecule has 1 aliphatic rings. The van der Waals surface area contributed by atoms with Crippen LogP contribution in [0, 0.1) is 0 Å². The Labute approximate surface area is 253 Å². The highest BCUT2D eigenvalue weighted by atomic mass is 16.4. The van der Waals surface area contributed by atoms with E-state index >= 15 is 0 Å². The molecule has 4 aromatic carbocycles. The molecule has 0 aliphatic carbocycles. The van der Waals surface area contributed by atoms with Crippen molar-refractivity contribution in [3.8, 4) is 0 Å². The molecule has 7 nitrogen and oxygen atoms in total. The van der Waals surface area contributed by atoms with E-state index in [4.69, 9.17) is 0 Å². The molecule has 0 spiro atoms. The maximum Gasteiger partial charge on any atom is 0.409 e. The van der Waals surface area contributed by atoms with Crippen LogP contribution in [0.15, 0.2) is 121 Å². The maximum absolute atomic E-state index is 14.2. The van der Waals surface area contributed by atoms with Gasteiger partial charge < -0.3 is 15.1 Å². The molecule has 222 valence electrons. The number of carbonyl (C=O) groups excluding carboxylic acids is 1.